The van der Waals surface area contributed by atoms with E-state index in [2.05, 4.69) is 20.7 Å². The lowest BCUT2D eigenvalue weighted by atomic mass is 10.1. The van der Waals surface area contributed by atoms with Crippen molar-refractivity contribution < 1.29 is 9.59 Å². The van der Waals surface area contributed by atoms with Gasteiger partial charge in [0, 0.05) is 24.3 Å². The van der Waals surface area contributed by atoms with Gasteiger partial charge in [-0.3, -0.25) is 9.59 Å². The number of amides is 2. The highest BCUT2D eigenvalue weighted by Gasteiger charge is 2.22. The van der Waals surface area contributed by atoms with Gasteiger partial charge in [-0.25, -0.2) is 9.67 Å². The van der Waals surface area contributed by atoms with Crippen LogP contribution in [0.2, 0.25) is 15.2 Å². The van der Waals surface area contributed by atoms with Crippen LogP contribution >= 0.6 is 34.8 Å². The predicted octanol–water partition coefficient (Wildman–Crippen LogP) is 4.15. The van der Waals surface area contributed by atoms with E-state index in [1.165, 1.54) is 29.9 Å². The second-order valence-corrected chi connectivity index (χ2v) is 6.98. The molecule has 2 heterocycles. The van der Waals surface area contributed by atoms with Gasteiger partial charge < -0.3 is 10.6 Å². The van der Waals surface area contributed by atoms with Crippen molar-refractivity contribution in [2.24, 2.45) is 0 Å². The molecule has 144 valence electrons. The summed E-state index contributed by atoms with van der Waals surface area (Å²) < 4.78 is 1.33. The molecule has 2 amide bonds. The minimum Gasteiger partial charge on any atom is -0.355 e. The maximum absolute atomic E-state index is 13.0. The number of carbonyl (C=O) groups excluding carboxylic acids is 2. The van der Waals surface area contributed by atoms with Crippen molar-refractivity contribution in [1.29, 1.82) is 0 Å². The number of halogens is 3. The number of nitrogens with one attached hydrogen (secondary N) is 2. The molecule has 0 spiro atoms. The summed E-state index contributed by atoms with van der Waals surface area (Å²) in [6.07, 6.45) is 1.58. The third-order valence-corrected chi connectivity index (χ3v) is 4.56. The van der Waals surface area contributed by atoms with Crippen LogP contribution < -0.4 is 10.6 Å². The summed E-state index contributed by atoms with van der Waals surface area (Å²) in [5, 5.41) is 9.76. The zero-order valence-electron chi connectivity index (χ0n) is 14.8. The van der Waals surface area contributed by atoms with E-state index < -0.39 is 11.8 Å². The van der Waals surface area contributed by atoms with Crippen molar-refractivity contribution in [1.82, 2.24) is 20.1 Å². The number of pyridine rings is 1. The van der Waals surface area contributed by atoms with Gasteiger partial charge in [0.05, 0.1) is 16.3 Å². The maximum Gasteiger partial charge on any atom is 0.274 e. The molecule has 0 atom stereocenters. The predicted molar refractivity (Wildman–Crippen MR) is 109 cm³/mol. The fourth-order valence-electron chi connectivity index (χ4n) is 2.57. The van der Waals surface area contributed by atoms with Crippen LogP contribution in [0.15, 0.2) is 36.5 Å². The van der Waals surface area contributed by atoms with Crippen molar-refractivity contribution in [2.45, 2.75) is 6.92 Å². The second kappa shape index (κ2) is 8.18. The maximum atomic E-state index is 13.0. The largest absolute Gasteiger partial charge is 0.355 e. The highest BCUT2D eigenvalue weighted by atomic mass is 35.5. The first-order valence-corrected chi connectivity index (χ1v) is 9.15. The molecule has 0 aliphatic heterocycles. The number of nitrogens with zero attached hydrogens (tertiary/aromatic N) is 3. The number of benzene rings is 1. The molecule has 0 unspecified atom stereocenters. The van der Waals surface area contributed by atoms with Crippen LogP contribution in [-0.2, 0) is 0 Å². The van der Waals surface area contributed by atoms with Gasteiger partial charge in [-0.15, -0.1) is 0 Å². The van der Waals surface area contributed by atoms with Crippen LogP contribution in [0.1, 0.15) is 26.4 Å². The third kappa shape index (κ3) is 3.96. The van der Waals surface area contributed by atoms with Crippen molar-refractivity contribution in [3.05, 3.63) is 68.5 Å². The van der Waals surface area contributed by atoms with Crippen molar-refractivity contribution in [3.8, 4) is 5.82 Å². The Bertz CT molecular complexity index is 1080. The van der Waals surface area contributed by atoms with Crippen molar-refractivity contribution >= 4 is 52.3 Å². The number of carbonyl (C=O) groups is 2. The number of rotatable bonds is 4. The quantitative estimate of drug-likeness (QED) is 0.640. The molecule has 3 aromatic rings. The molecule has 0 bridgehead atoms. The standard InChI is InChI=1S/C18H14Cl3N5O2/c1-9-4-3-5-23-16(9)26-13(8-14(21)25-26)18(28)24-15-11(17(27)22-2)6-10(19)7-12(15)20/h3-8H,1-2H3,(H,22,27)(H,24,28). The van der Waals surface area contributed by atoms with E-state index in [4.69, 9.17) is 34.8 Å². The topological polar surface area (TPSA) is 88.9 Å². The van der Waals surface area contributed by atoms with Gasteiger partial charge in [-0.1, -0.05) is 40.9 Å². The number of hydrogen-bond donors (Lipinski definition) is 2. The zero-order valence-corrected chi connectivity index (χ0v) is 17.0. The van der Waals surface area contributed by atoms with E-state index in [0.29, 0.717) is 5.82 Å². The molecule has 0 fully saturated rings. The molecule has 7 nitrogen and oxygen atoms in total. The average Bonchev–Trinajstić information content (AvgIpc) is 3.05. The van der Waals surface area contributed by atoms with E-state index >= 15 is 0 Å². The molecule has 2 N–H and O–H groups in total. The molecule has 2 aromatic heterocycles. The molecule has 10 heteroatoms. The van der Waals surface area contributed by atoms with Gasteiger partial charge >= 0.3 is 0 Å². The Hall–Kier alpha value is -2.61. The van der Waals surface area contributed by atoms with Gasteiger partial charge in [-0.05, 0) is 30.7 Å². The molecular formula is C18H14Cl3N5O2. The van der Waals surface area contributed by atoms with Crippen LogP contribution in [0.25, 0.3) is 5.82 Å². The number of anilines is 1. The lowest BCUT2D eigenvalue weighted by Gasteiger charge is -2.14. The van der Waals surface area contributed by atoms with Gasteiger partial charge in [0.25, 0.3) is 11.8 Å². The highest BCUT2D eigenvalue weighted by molar-refractivity contribution is 6.38. The molecule has 3 rings (SSSR count). The first kappa shape index (κ1) is 20.1. The number of hydrogen-bond acceptors (Lipinski definition) is 4. The van der Waals surface area contributed by atoms with E-state index in [-0.39, 0.29) is 32.1 Å². The van der Waals surface area contributed by atoms with Crippen LogP contribution in [0.4, 0.5) is 5.69 Å². The summed E-state index contributed by atoms with van der Waals surface area (Å²) in [6.45, 7) is 1.83. The van der Waals surface area contributed by atoms with Gasteiger partial charge in [0.2, 0.25) is 0 Å². The summed E-state index contributed by atoms with van der Waals surface area (Å²) in [7, 11) is 1.46. The Morgan fingerprint density at radius 3 is 2.54 bits per heavy atom. The summed E-state index contributed by atoms with van der Waals surface area (Å²) in [4.78, 5) is 29.4. The Balaban J connectivity index is 2.05. The van der Waals surface area contributed by atoms with Crippen LogP contribution in [0, 0.1) is 6.92 Å². The van der Waals surface area contributed by atoms with Gasteiger partial charge in [0.1, 0.15) is 5.69 Å². The molecule has 0 saturated carbocycles. The lowest BCUT2D eigenvalue weighted by molar-refractivity contribution is 0.0964. The Labute approximate surface area is 175 Å². The fraction of sp³-hybridized carbons (Fsp3) is 0.111. The second-order valence-electron chi connectivity index (χ2n) is 5.75. The molecule has 0 aliphatic carbocycles. The van der Waals surface area contributed by atoms with Gasteiger partial charge in [0.15, 0.2) is 11.0 Å². The summed E-state index contributed by atoms with van der Waals surface area (Å²) in [5.41, 5.74) is 1.17. The SMILES string of the molecule is CNC(=O)c1cc(Cl)cc(Cl)c1NC(=O)c1cc(Cl)nn1-c1ncccc1C. The molecule has 0 radical (unpaired) electrons. The highest BCUT2D eigenvalue weighted by Crippen LogP contribution is 2.31. The number of aryl methyl sites for hydroxylation is 1. The molecule has 28 heavy (non-hydrogen) atoms. The van der Waals surface area contributed by atoms with Crippen LogP contribution in [-0.4, -0.2) is 33.6 Å². The molecular weight excluding hydrogens is 425 g/mol. The number of aromatic nitrogens is 3. The Morgan fingerprint density at radius 2 is 1.86 bits per heavy atom. The van der Waals surface area contributed by atoms with Crippen LogP contribution in [0.3, 0.4) is 0 Å². The van der Waals surface area contributed by atoms with Crippen LogP contribution in [0.5, 0.6) is 0 Å². The fourth-order valence-corrected chi connectivity index (χ4v) is 3.29. The lowest BCUT2D eigenvalue weighted by Crippen LogP contribution is -2.23. The molecule has 0 saturated heterocycles. The minimum absolute atomic E-state index is 0.115. The zero-order chi connectivity index (χ0) is 20.4. The van der Waals surface area contributed by atoms with Gasteiger partial charge in [-0.2, -0.15) is 5.10 Å². The minimum atomic E-state index is -0.571. The average molecular weight is 439 g/mol. The Kier molecular flexibility index (Phi) is 5.88. The first-order valence-electron chi connectivity index (χ1n) is 8.02. The first-order chi connectivity index (χ1) is 13.3. The third-order valence-electron chi connectivity index (χ3n) is 3.86. The smallest absolute Gasteiger partial charge is 0.274 e. The van der Waals surface area contributed by atoms with E-state index in [9.17, 15) is 9.59 Å². The summed E-state index contributed by atoms with van der Waals surface area (Å²) in [6, 6.07) is 7.84. The molecule has 1 aromatic carbocycles. The summed E-state index contributed by atoms with van der Waals surface area (Å²) in [5.74, 6) is -0.570. The monoisotopic (exact) mass is 437 g/mol. The van der Waals surface area contributed by atoms with E-state index in [1.54, 1.807) is 12.3 Å². The Morgan fingerprint density at radius 1 is 1.11 bits per heavy atom. The van der Waals surface area contributed by atoms with Crippen molar-refractivity contribution in [2.75, 3.05) is 12.4 Å². The van der Waals surface area contributed by atoms with Crippen molar-refractivity contribution in [3.63, 3.8) is 0 Å². The van der Waals surface area contributed by atoms with E-state index in [0.717, 1.165) is 5.56 Å². The normalized spacial score (nSPS) is 10.6. The summed E-state index contributed by atoms with van der Waals surface area (Å²) >= 11 is 18.2. The van der Waals surface area contributed by atoms with E-state index in [1.807, 2.05) is 13.0 Å². The molecule has 0 aliphatic rings.